The Morgan fingerprint density at radius 3 is 2.42 bits per heavy atom. The highest BCUT2D eigenvalue weighted by molar-refractivity contribution is 5.95. The molecule has 1 aliphatic rings. The van der Waals surface area contributed by atoms with Gasteiger partial charge in [0.15, 0.2) is 0 Å². The largest absolute Gasteiger partial charge is 0.347 e. The maximum absolute atomic E-state index is 14.7. The lowest BCUT2D eigenvalue weighted by molar-refractivity contribution is 0.0916. The lowest BCUT2D eigenvalue weighted by atomic mass is 9.86. The second-order valence-corrected chi connectivity index (χ2v) is 7.39. The van der Waals surface area contributed by atoms with Crippen molar-refractivity contribution < 1.29 is 18.0 Å². The van der Waals surface area contributed by atoms with Crippen LogP contribution in [0.25, 0.3) is 11.3 Å². The number of carbonyl (C=O) groups is 1. The van der Waals surface area contributed by atoms with Crippen LogP contribution in [0.3, 0.4) is 0 Å². The molecule has 31 heavy (non-hydrogen) atoms. The van der Waals surface area contributed by atoms with Gasteiger partial charge in [0.1, 0.15) is 23.0 Å². The van der Waals surface area contributed by atoms with Gasteiger partial charge in [-0.2, -0.15) is 5.10 Å². The molecular formula is C22H22ClF3N4O. The van der Waals surface area contributed by atoms with Gasteiger partial charge >= 0.3 is 0 Å². The van der Waals surface area contributed by atoms with Gasteiger partial charge in [0, 0.05) is 37.3 Å². The van der Waals surface area contributed by atoms with Gasteiger partial charge in [-0.15, -0.1) is 12.4 Å². The van der Waals surface area contributed by atoms with E-state index in [0.717, 1.165) is 24.2 Å². The highest BCUT2D eigenvalue weighted by Gasteiger charge is 2.30. The second-order valence-electron chi connectivity index (χ2n) is 7.39. The minimum atomic E-state index is -0.939. The summed E-state index contributed by atoms with van der Waals surface area (Å²) in [7, 11) is 1.66. The Kier molecular flexibility index (Phi) is 7.02. The number of nitrogens with zero attached hydrogens (tertiary/aromatic N) is 2. The van der Waals surface area contributed by atoms with Gasteiger partial charge in [-0.05, 0) is 48.9 Å². The highest BCUT2D eigenvalue weighted by atomic mass is 35.5. The minimum Gasteiger partial charge on any atom is -0.347 e. The number of aromatic nitrogens is 2. The van der Waals surface area contributed by atoms with Crippen molar-refractivity contribution in [3.8, 4) is 11.3 Å². The van der Waals surface area contributed by atoms with Crippen molar-refractivity contribution in [2.24, 2.45) is 7.05 Å². The molecule has 9 heteroatoms. The van der Waals surface area contributed by atoms with Crippen LogP contribution >= 0.6 is 12.4 Å². The van der Waals surface area contributed by atoms with E-state index in [-0.39, 0.29) is 30.2 Å². The summed E-state index contributed by atoms with van der Waals surface area (Å²) in [5.41, 5.74) is 1.08. The fraction of sp³-hybridized carbons (Fsp3) is 0.273. The lowest BCUT2D eigenvalue weighted by Crippen LogP contribution is -2.50. The molecule has 0 aliphatic carbocycles. The van der Waals surface area contributed by atoms with Gasteiger partial charge in [0.25, 0.3) is 5.91 Å². The Morgan fingerprint density at radius 2 is 1.81 bits per heavy atom. The molecule has 0 unspecified atom stereocenters. The van der Waals surface area contributed by atoms with E-state index in [2.05, 4.69) is 15.7 Å². The van der Waals surface area contributed by atoms with E-state index < -0.39 is 23.1 Å². The minimum absolute atomic E-state index is 0. The Bertz CT molecular complexity index is 1050. The quantitative estimate of drug-likeness (QED) is 0.635. The van der Waals surface area contributed by atoms with E-state index >= 15 is 0 Å². The summed E-state index contributed by atoms with van der Waals surface area (Å²) < 4.78 is 44.2. The predicted octanol–water partition coefficient (Wildman–Crippen LogP) is 3.80. The molecule has 1 amide bonds. The summed E-state index contributed by atoms with van der Waals surface area (Å²) in [6.45, 7) is 1.18. The van der Waals surface area contributed by atoms with Crippen molar-refractivity contribution in [3.63, 3.8) is 0 Å². The summed E-state index contributed by atoms with van der Waals surface area (Å²) in [5.74, 6) is -3.12. The summed E-state index contributed by atoms with van der Waals surface area (Å²) in [4.78, 5) is 12.8. The molecule has 2 aromatic carbocycles. The van der Waals surface area contributed by atoms with Crippen LogP contribution in [0.15, 0.2) is 48.7 Å². The van der Waals surface area contributed by atoms with E-state index in [1.165, 1.54) is 23.0 Å². The lowest BCUT2D eigenvalue weighted by Gasteiger charge is -2.33. The average molecular weight is 451 g/mol. The third kappa shape index (κ3) is 4.75. The van der Waals surface area contributed by atoms with Crippen molar-refractivity contribution >= 4 is 18.3 Å². The van der Waals surface area contributed by atoms with Crippen LogP contribution < -0.4 is 10.6 Å². The zero-order chi connectivity index (χ0) is 21.3. The van der Waals surface area contributed by atoms with Gasteiger partial charge in [-0.25, -0.2) is 13.2 Å². The van der Waals surface area contributed by atoms with Crippen LogP contribution in [-0.4, -0.2) is 34.8 Å². The third-order valence-corrected chi connectivity index (χ3v) is 5.48. The molecular weight excluding hydrogens is 429 g/mol. The van der Waals surface area contributed by atoms with Crippen LogP contribution in [0.4, 0.5) is 13.2 Å². The van der Waals surface area contributed by atoms with Crippen molar-refractivity contribution in [1.29, 1.82) is 0 Å². The number of halogens is 4. The van der Waals surface area contributed by atoms with Gasteiger partial charge in [-0.3, -0.25) is 9.48 Å². The van der Waals surface area contributed by atoms with Gasteiger partial charge in [-0.1, -0.05) is 12.1 Å². The molecule has 164 valence electrons. The number of hydrogen-bond donors (Lipinski definition) is 2. The highest BCUT2D eigenvalue weighted by Crippen LogP contribution is 2.28. The van der Waals surface area contributed by atoms with Crippen LogP contribution in [-0.2, 0) is 7.05 Å². The summed E-state index contributed by atoms with van der Waals surface area (Å²) >= 11 is 0. The van der Waals surface area contributed by atoms with Crippen LogP contribution in [0, 0.1) is 17.5 Å². The predicted molar refractivity (Wildman–Crippen MR) is 114 cm³/mol. The number of carbonyl (C=O) groups excluding carboxylic acids is 1. The van der Waals surface area contributed by atoms with Crippen molar-refractivity contribution in [2.45, 2.75) is 18.4 Å². The Morgan fingerprint density at radius 1 is 1.13 bits per heavy atom. The first-order valence-electron chi connectivity index (χ1n) is 9.68. The van der Waals surface area contributed by atoms with Crippen molar-refractivity contribution in [2.75, 3.05) is 13.1 Å². The second kappa shape index (κ2) is 9.53. The van der Waals surface area contributed by atoms with E-state index in [0.29, 0.717) is 24.2 Å². The summed E-state index contributed by atoms with van der Waals surface area (Å²) in [6.07, 6.45) is 2.23. The third-order valence-electron chi connectivity index (χ3n) is 5.48. The number of rotatable bonds is 4. The van der Waals surface area contributed by atoms with Crippen molar-refractivity contribution in [3.05, 3.63) is 77.2 Å². The first-order valence-corrected chi connectivity index (χ1v) is 9.68. The molecule has 0 saturated carbocycles. The maximum atomic E-state index is 14.7. The Balaban J connectivity index is 0.00000272. The molecule has 1 fully saturated rings. The van der Waals surface area contributed by atoms with Gasteiger partial charge < -0.3 is 10.6 Å². The zero-order valence-electron chi connectivity index (χ0n) is 16.7. The maximum Gasteiger partial charge on any atom is 0.257 e. The molecule has 0 radical (unpaired) electrons. The van der Waals surface area contributed by atoms with E-state index in [9.17, 15) is 18.0 Å². The molecule has 1 aliphatic heterocycles. The van der Waals surface area contributed by atoms with E-state index in [1.54, 1.807) is 25.2 Å². The molecule has 5 nitrogen and oxygen atoms in total. The van der Waals surface area contributed by atoms with Crippen LogP contribution in [0.1, 0.15) is 28.3 Å². The van der Waals surface area contributed by atoms with E-state index in [4.69, 9.17) is 0 Å². The number of hydrogen-bond acceptors (Lipinski definition) is 3. The van der Waals surface area contributed by atoms with Gasteiger partial charge in [0.2, 0.25) is 0 Å². The molecule has 2 heterocycles. The molecule has 3 aromatic rings. The summed E-state index contributed by atoms with van der Waals surface area (Å²) in [6, 6.07) is 9.60. The summed E-state index contributed by atoms with van der Waals surface area (Å²) in [5, 5.41) is 9.92. The standard InChI is InChI=1S/C22H21F3N4O.ClH/c1-29-20(7-9-27-29)14-10-17(24)21(18(25)11-14)22(30)28-19-12-26-8-6-16(19)13-2-4-15(23)5-3-13;/h2-5,7,9-11,16,19,26H,6,8,12H2,1H3,(H,28,30);1H/t16-,19+;/m0./s1. The number of piperidine rings is 1. The first kappa shape index (κ1) is 22.8. The normalized spacial score (nSPS) is 18.3. The topological polar surface area (TPSA) is 59.0 Å². The molecule has 0 bridgehead atoms. The number of nitrogens with one attached hydrogen (secondary N) is 2. The number of benzene rings is 2. The SMILES string of the molecule is Cl.Cn1nccc1-c1cc(F)c(C(=O)N[C@@H]2CNCC[C@H]2c2ccc(F)cc2)c(F)c1. The molecule has 1 saturated heterocycles. The fourth-order valence-corrected chi connectivity index (χ4v) is 3.95. The molecule has 2 atom stereocenters. The smallest absolute Gasteiger partial charge is 0.257 e. The van der Waals surface area contributed by atoms with Gasteiger partial charge in [0.05, 0.1) is 5.69 Å². The monoisotopic (exact) mass is 450 g/mol. The molecule has 0 spiro atoms. The fourth-order valence-electron chi connectivity index (χ4n) is 3.95. The average Bonchev–Trinajstić information content (AvgIpc) is 3.14. The van der Waals surface area contributed by atoms with Crippen LogP contribution in [0.2, 0.25) is 0 Å². The van der Waals surface area contributed by atoms with Crippen molar-refractivity contribution in [1.82, 2.24) is 20.4 Å². The zero-order valence-corrected chi connectivity index (χ0v) is 17.6. The number of amides is 1. The molecule has 1 aromatic heterocycles. The Labute approximate surface area is 184 Å². The molecule has 4 rings (SSSR count). The van der Waals surface area contributed by atoms with Crippen LogP contribution in [0.5, 0.6) is 0 Å². The Hall–Kier alpha value is -2.84. The molecule has 2 N–H and O–H groups in total. The van der Waals surface area contributed by atoms with E-state index in [1.807, 2.05) is 0 Å². The number of aryl methyl sites for hydroxylation is 1. The first-order chi connectivity index (χ1) is 14.4.